The van der Waals surface area contributed by atoms with Crippen molar-refractivity contribution in [1.29, 1.82) is 0 Å². The number of carbonyl (C=O) groups excluding carboxylic acids is 2. The summed E-state index contributed by atoms with van der Waals surface area (Å²) in [5.41, 5.74) is 0.0681. The lowest BCUT2D eigenvalue weighted by atomic mass is 10.0. The molecule has 2 fully saturated rings. The van der Waals surface area contributed by atoms with Gasteiger partial charge in [-0.3, -0.25) is 4.79 Å². The van der Waals surface area contributed by atoms with Crippen LogP contribution in [0.2, 0.25) is 0 Å². The van der Waals surface area contributed by atoms with Gasteiger partial charge in [-0.1, -0.05) is 0 Å². The Balaban J connectivity index is 1.36. The van der Waals surface area contributed by atoms with Crippen LogP contribution in [0.1, 0.15) is 62.0 Å². The number of ether oxygens (including phenoxy) is 1. The fourth-order valence-electron chi connectivity index (χ4n) is 5.13. The third-order valence-corrected chi connectivity index (χ3v) is 7.01. The number of likely N-dealkylation sites (tertiary alicyclic amines) is 1. The van der Waals surface area contributed by atoms with E-state index in [0.717, 1.165) is 18.6 Å². The molecule has 2 aliphatic rings. The van der Waals surface area contributed by atoms with Gasteiger partial charge >= 0.3 is 6.09 Å². The summed E-state index contributed by atoms with van der Waals surface area (Å²) in [6, 6.07) is 4.05. The average molecular weight is 543 g/mol. The fraction of sp³-hybridized carbons (Fsp3) is 0.481. The molecule has 39 heavy (non-hydrogen) atoms. The molecule has 2 amide bonds. The highest BCUT2D eigenvalue weighted by atomic mass is 19.1. The second-order valence-electron chi connectivity index (χ2n) is 11.0. The third kappa shape index (κ3) is 5.65. The normalized spacial score (nSPS) is 21.8. The monoisotopic (exact) mass is 542 g/mol. The van der Waals surface area contributed by atoms with E-state index in [1.807, 2.05) is 4.90 Å². The van der Waals surface area contributed by atoms with E-state index in [0.29, 0.717) is 25.3 Å². The number of nitrogens with zero attached hydrogens (tertiary/aromatic N) is 5. The lowest BCUT2D eigenvalue weighted by Crippen LogP contribution is -2.57. The Bertz CT molecular complexity index is 1390. The highest BCUT2D eigenvalue weighted by molar-refractivity contribution is 6.00. The lowest BCUT2D eigenvalue weighted by molar-refractivity contribution is 0.000493. The van der Waals surface area contributed by atoms with Crippen LogP contribution in [-0.2, 0) is 4.74 Å². The summed E-state index contributed by atoms with van der Waals surface area (Å²) in [6.45, 7) is 6.31. The minimum atomic E-state index is -0.843. The standard InChI is InChI=1S/C27H32F2N6O4/c1-27(2,3)39-26(38)33-11-8-22(36)20(15-33)31-25(37)18-14-30-35-12-9-23(32-24(18)35)34-10-4-5-21(34)17-13-16(28)6-7-19(17)29/h6-7,9,12-14,20-22,36H,4-5,8,10-11,15H2,1-3H3,(H,31,37)/t20?,21-,22?/m1/s1. The summed E-state index contributed by atoms with van der Waals surface area (Å²) in [4.78, 5) is 33.8. The molecule has 2 N–H and O–H groups in total. The van der Waals surface area contributed by atoms with Gasteiger partial charge in [-0.15, -0.1) is 0 Å². The van der Waals surface area contributed by atoms with Crippen LogP contribution in [0, 0.1) is 11.6 Å². The Kier molecular flexibility index (Phi) is 7.15. The molecule has 0 radical (unpaired) electrons. The number of piperidine rings is 1. The summed E-state index contributed by atoms with van der Waals surface area (Å²) >= 11 is 0. The van der Waals surface area contributed by atoms with Crippen molar-refractivity contribution in [2.45, 2.75) is 63.8 Å². The number of fused-ring (bicyclic) bond motifs is 1. The van der Waals surface area contributed by atoms with Crippen LogP contribution in [0.4, 0.5) is 19.4 Å². The largest absolute Gasteiger partial charge is 0.444 e. The van der Waals surface area contributed by atoms with Crippen LogP contribution in [0.15, 0.2) is 36.7 Å². The molecule has 2 aromatic heterocycles. The molecule has 2 saturated heterocycles. The number of carbonyl (C=O) groups is 2. The van der Waals surface area contributed by atoms with Gasteiger partial charge in [0.2, 0.25) is 0 Å². The summed E-state index contributed by atoms with van der Waals surface area (Å²) in [5, 5.41) is 17.6. The summed E-state index contributed by atoms with van der Waals surface area (Å²) in [7, 11) is 0. The Labute approximate surface area is 224 Å². The van der Waals surface area contributed by atoms with Gasteiger partial charge in [0.05, 0.1) is 24.4 Å². The van der Waals surface area contributed by atoms with E-state index in [-0.39, 0.29) is 29.7 Å². The highest BCUT2D eigenvalue weighted by Gasteiger charge is 2.35. The van der Waals surface area contributed by atoms with Crippen molar-refractivity contribution < 1.29 is 28.2 Å². The maximum absolute atomic E-state index is 14.6. The predicted octanol–water partition coefficient (Wildman–Crippen LogP) is 3.45. The molecule has 1 aromatic carbocycles. The minimum Gasteiger partial charge on any atom is -0.444 e. The van der Waals surface area contributed by atoms with E-state index < -0.39 is 47.4 Å². The molecule has 0 saturated carbocycles. The maximum Gasteiger partial charge on any atom is 0.410 e. The molecule has 0 spiro atoms. The SMILES string of the molecule is CC(C)(C)OC(=O)N1CCC(O)C(NC(=O)c2cnn3ccc(N4CCC[C@@H]4c4cc(F)ccc4F)nc23)C1. The maximum atomic E-state index is 14.6. The number of anilines is 1. The quantitative estimate of drug-likeness (QED) is 0.519. The van der Waals surface area contributed by atoms with E-state index in [4.69, 9.17) is 4.74 Å². The number of aromatic nitrogens is 3. The first-order chi connectivity index (χ1) is 18.5. The zero-order chi connectivity index (χ0) is 27.9. The van der Waals surface area contributed by atoms with E-state index in [2.05, 4.69) is 15.4 Å². The van der Waals surface area contributed by atoms with Crippen LogP contribution < -0.4 is 10.2 Å². The number of halogens is 2. The van der Waals surface area contributed by atoms with Gasteiger partial charge < -0.3 is 25.0 Å². The number of benzene rings is 1. The average Bonchev–Trinajstić information content (AvgIpc) is 3.52. The van der Waals surface area contributed by atoms with Gasteiger partial charge in [-0.2, -0.15) is 5.10 Å². The van der Waals surface area contributed by atoms with Gasteiger partial charge in [0.1, 0.15) is 28.6 Å². The number of hydrogen-bond donors (Lipinski definition) is 2. The van der Waals surface area contributed by atoms with E-state index in [1.54, 1.807) is 33.0 Å². The molecule has 3 atom stereocenters. The molecule has 10 nitrogen and oxygen atoms in total. The summed E-state index contributed by atoms with van der Waals surface area (Å²) in [5.74, 6) is -0.979. The molecule has 3 aromatic rings. The Morgan fingerprint density at radius 1 is 1.15 bits per heavy atom. The number of aliphatic hydroxyl groups is 1. The number of rotatable bonds is 4. The summed E-state index contributed by atoms with van der Waals surface area (Å²) in [6.07, 6.45) is 3.38. The number of nitrogens with one attached hydrogen (secondary N) is 1. The van der Waals surface area contributed by atoms with Crippen LogP contribution in [0.3, 0.4) is 0 Å². The van der Waals surface area contributed by atoms with Crippen LogP contribution in [0.5, 0.6) is 0 Å². The van der Waals surface area contributed by atoms with Crippen LogP contribution in [0.25, 0.3) is 5.65 Å². The first-order valence-corrected chi connectivity index (χ1v) is 13.0. The Morgan fingerprint density at radius 2 is 1.95 bits per heavy atom. The van der Waals surface area contributed by atoms with Crippen molar-refractivity contribution in [1.82, 2.24) is 24.8 Å². The predicted molar refractivity (Wildman–Crippen MR) is 138 cm³/mol. The van der Waals surface area contributed by atoms with Crippen molar-refractivity contribution >= 4 is 23.5 Å². The van der Waals surface area contributed by atoms with Gasteiger partial charge in [0, 0.05) is 31.4 Å². The second-order valence-corrected chi connectivity index (χ2v) is 11.0. The van der Waals surface area contributed by atoms with Crippen molar-refractivity contribution in [3.05, 3.63) is 59.4 Å². The zero-order valence-corrected chi connectivity index (χ0v) is 22.1. The molecular weight excluding hydrogens is 510 g/mol. The lowest BCUT2D eigenvalue weighted by Gasteiger charge is -2.37. The molecule has 2 aliphatic heterocycles. The molecule has 2 unspecified atom stereocenters. The topological polar surface area (TPSA) is 112 Å². The summed E-state index contributed by atoms with van der Waals surface area (Å²) < 4.78 is 35.3. The van der Waals surface area contributed by atoms with Crippen LogP contribution >= 0.6 is 0 Å². The van der Waals surface area contributed by atoms with Crippen molar-refractivity contribution in [3.8, 4) is 0 Å². The molecule has 5 rings (SSSR count). The van der Waals surface area contributed by atoms with Crippen molar-refractivity contribution in [3.63, 3.8) is 0 Å². The number of amides is 2. The first kappa shape index (κ1) is 26.8. The fourth-order valence-corrected chi connectivity index (χ4v) is 5.13. The van der Waals surface area contributed by atoms with Gasteiger partial charge in [-0.05, 0) is 64.3 Å². The smallest absolute Gasteiger partial charge is 0.410 e. The number of aliphatic hydroxyl groups excluding tert-OH is 1. The minimum absolute atomic E-state index is 0.0916. The van der Waals surface area contributed by atoms with E-state index >= 15 is 0 Å². The molecule has 4 heterocycles. The van der Waals surface area contributed by atoms with E-state index in [9.17, 15) is 23.5 Å². The first-order valence-electron chi connectivity index (χ1n) is 13.0. The molecule has 0 bridgehead atoms. The van der Waals surface area contributed by atoms with Gasteiger partial charge in [0.15, 0.2) is 5.65 Å². The Hall–Kier alpha value is -3.80. The highest BCUT2D eigenvalue weighted by Crippen LogP contribution is 2.37. The van der Waals surface area contributed by atoms with Crippen LogP contribution in [-0.4, -0.2) is 74.0 Å². The molecule has 12 heteroatoms. The van der Waals surface area contributed by atoms with E-state index in [1.165, 1.54) is 21.7 Å². The van der Waals surface area contributed by atoms with Gasteiger partial charge in [0.25, 0.3) is 5.91 Å². The molecule has 0 aliphatic carbocycles. The molecule has 208 valence electrons. The Morgan fingerprint density at radius 3 is 2.72 bits per heavy atom. The van der Waals surface area contributed by atoms with Crippen molar-refractivity contribution in [2.24, 2.45) is 0 Å². The van der Waals surface area contributed by atoms with Gasteiger partial charge in [-0.25, -0.2) is 23.1 Å². The molecular formula is C27H32F2N6O4. The third-order valence-electron chi connectivity index (χ3n) is 7.01. The second kappa shape index (κ2) is 10.4. The zero-order valence-electron chi connectivity index (χ0n) is 22.1. The van der Waals surface area contributed by atoms with Crippen molar-refractivity contribution in [2.75, 3.05) is 24.5 Å². The number of hydrogen-bond acceptors (Lipinski definition) is 7.